The molecule has 0 atom stereocenters. The molecular formula is C11H9BrN4O. The topological polar surface area (TPSA) is 50.8 Å². The quantitative estimate of drug-likeness (QED) is 0.883. The maximum Gasteiger partial charge on any atom is 0.231 e. The summed E-state index contributed by atoms with van der Waals surface area (Å²) in [5.41, 5.74) is 1.58. The van der Waals surface area contributed by atoms with Gasteiger partial charge in [-0.2, -0.15) is 5.10 Å². The molecule has 1 N–H and O–H groups in total. The van der Waals surface area contributed by atoms with Crippen molar-refractivity contribution in [3.8, 4) is 0 Å². The Balaban J connectivity index is 2.16. The second-order valence-electron chi connectivity index (χ2n) is 3.42. The normalized spacial score (nSPS) is 10.1. The molecule has 86 valence electrons. The van der Waals surface area contributed by atoms with Gasteiger partial charge in [0, 0.05) is 11.9 Å². The van der Waals surface area contributed by atoms with Gasteiger partial charge in [-0.05, 0) is 28.1 Å². The number of hydrogen-bond donors (Lipinski definition) is 1. The zero-order valence-corrected chi connectivity index (χ0v) is 10.4. The van der Waals surface area contributed by atoms with Crippen molar-refractivity contribution in [1.29, 1.82) is 0 Å². The number of halogens is 1. The minimum Gasteiger partial charge on any atom is -0.326 e. The first-order valence-corrected chi connectivity index (χ1v) is 5.76. The van der Waals surface area contributed by atoms with Crippen LogP contribution in [0.15, 0.2) is 29.0 Å². The summed E-state index contributed by atoms with van der Waals surface area (Å²) in [5.74, 6) is -0.152. The van der Waals surface area contributed by atoms with E-state index in [4.69, 9.17) is 6.57 Å². The molecule has 0 aliphatic heterocycles. The molecule has 2 rings (SSSR count). The van der Waals surface area contributed by atoms with Crippen LogP contribution in [0.5, 0.6) is 0 Å². The van der Waals surface area contributed by atoms with Crippen molar-refractivity contribution in [3.05, 3.63) is 40.4 Å². The number of fused-ring (bicyclic) bond motifs is 1. The number of nitrogens with zero attached hydrogens (tertiary/aromatic N) is 3. The number of carbonyl (C=O) groups is 1. The van der Waals surface area contributed by atoms with Crippen molar-refractivity contribution < 1.29 is 4.79 Å². The second kappa shape index (κ2) is 4.97. The van der Waals surface area contributed by atoms with Crippen molar-refractivity contribution in [2.24, 2.45) is 0 Å². The monoisotopic (exact) mass is 292 g/mol. The summed E-state index contributed by atoms with van der Waals surface area (Å²) in [7, 11) is 0. The smallest absolute Gasteiger partial charge is 0.231 e. The fourth-order valence-electron chi connectivity index (χ4n) is 1.41. The van der Waals surface area contributed by atoms with Crippen molar-refractivity contribution in [2.75, 3.05) is 11.9 Å². The summed E-state index contributed by atoms with van der Waals surface area (Å²) in [6, 6.07) is 3.59. The van der Waals surface area contributed by atoms with Crippen LogP contribution in [0.2, 0.25) is 0 Å². The Kier molecular flexibility index (Phi) is 3.40. The molecule has 2 heterocycles. The van der Waals surface area contributed by atoms with Crippen molar-refractivity contribution in [3.63, 3.8) is 0 Å². The zero-order chi connectivity index (χ0) is 12.3. The molecule has 6 heteroatoms. The van der Waals surface area contributed by atoms with E-state index in [1.54, 1.807) is 23.0 Å². The van der Waals surface area contributed by atoms with Crippen LogP contribution in [0.1, 0.15) is 6.42 Å². The van der Waals surface area contributed by atoms with Crippen molar-refractivity contribution in [1.82, 2.24) is 9.61 Å². The molecule has 0 saturated heterocycles. The Bertz CT molecular complexity index is 599. The van der Waals surface area contributed by atoms with Gasteiger partial charge in [-0.15, -0.1) is 0 Å². The first-order valence-electron chi connectivity index (χ1n) is 4.96. The van der Waals surface area contributed by atoms with E-state index < -0.39 is 0 Å². The largest absolute Gasteiger partial charge is 0.326 e. The third-order valence-corrected chi connectivity index (χ3v) is 2.82. The Morgan fingerprint density at radius 1 is 1.65 bits per heavy atom. The zero-order valence-electron chi connectivity index (χ0n) is 8.85. The summed E-state index contributed by atoms with van der Waals surface area (Å²) < 4.78 is 2.58. The molecule has 0 radical (unpaired) electrons. The molecule has 0 aliphatic rings. The average molecular weight is 293 g/mol. The Morgan fingerprint density at radius 2 is 2.47 bits per heavy atom. The number of anilines is 1. The molecule has 0 bridgehead atoms. The first kappa shape index (κ1) is 11.6. The van der Waals surface area contributed by atoms with E-state index in [9.17, 15) is 4.79 Å². The summed E-state index contributed by atoms with van der Waals surface area (Å²) >= 11 is 3.37. The van der Waals surface area contributed by atoms with Gasteiger partial charge < -0.3 is 10.2 Å². The SMILES string of the molecule is [C-]#[N+]CCC(=O)Nc1ccn2ncc(Br)c2c1. The lowest BCUT2D eigenvalue weighted by Gasteiger charge is -2.03. The van der Waals surface area contributed by atoms with E-state index in [1.165, 1.54) is 0 Å². The van der Waals surface area contributed by atoms with Gasteiger partial charge in [-0.25, -0.2) is 11.1 Å². The molecule has 0 fully saturated rings. The molecule has 0 spiro atoms. The number of amides is 1. The van der Waals surface area contributed by atoms with Gasteiger partial charge in [0.2, 0.25) is 12.5 Å². The number of aromatic nitrogens is 2. The van der Waals surface area contributed by atoms with Crippen LogP contribution in [0, 0.1) is 6.57 Å². The lowest BCUT2D eigenvalue weighted by molar-refractivity contribution is -0.115. The molecule has 0 aliphatic carbocycles. The van der Waals surface area contributed by atoms with Crippen LogP contribution in [-0.4, -0.2) is 22.1 Å². The Morgan fingerprint density at radius 3 is 3.24 bits per heavy atom. The van der Waals surface area contributed by atoms with Crippen LogP contribution in [0.25, 0.3) is 10.4 Å². The van der Waals surface area contributed by atoms with E-state index in [1.807, 2.05) is 6.07 Å². The van der Waals surface area contributed by atoms with Crippen molar-refractivity contribution in [2.45, 2.75) is 6.42 Å². The van der Waals surface area contributed by atoms with E-state index in [-0.39, 0.29) is 18.9 Å². The van der Waals surface area contributed by atoms with E-state index >= 15 is 0 Å². The minimum absolute atomic E-state index is 0.152. The molecule has 17 heavy (non-hydrogen) atoms. The highest BCUT2D eigenvalue weighted by Gasteiger charge is 2.06. The third kappa shape index (κ3) is 2.63. The van der Waals surface area contributed by atoms with E-state index in [2.05, 4.69) is 31.2 Å². The predicted octanol–water partition coefficient (Wildman–Crippen LogP) is 2.34. The molecule has 5 nitrogen and oxygen atoms in total. The molecule has 0 aromatic carbocycles. The maximum absolute atomic E-state index is 11.4. The lowest BCUT2D eigenvalue weighted by Crippen LogP contribution is -2.12. The Hall–Kier alpha value is -1.87. The van der Waals surface area contributed by atoms with Crippen LogP contribution >= 0.6 is 15.9 Å². The maximum atomic E-state index is 11.4. The highest BCUT2D eigenvalue weighted by atomic mass is 79.9. The number of nitrogens with one attached hydrogen (secondary N) is 1. The molecule has 0 unspecified atom stereocenters. The summed E-state index contributed by atoms with van der Waals surface area (Å²) in [5, 5.41) is 6.85. The van der Waals surface area contributed by atoms with Gasteiger partial charge >= 0.3 is 0 Å². The molecular weight excluding hydrogens is 284 g/mol. The molecule has 2 aromatic heterocycles. The number of pyridine rings is 1. The number of rotatable bonds is 3. The lowest BCUT2D eigenvalue weighted by atomic mass is 10.3. The molecule has 0 saturated carbocycles. The summed E-state index contributed by atoms with van der Waals surface area (Å²) in [4.78, 5) is 14.6. The van der Waals surface area contributed by atoms with Gasteiger partial charge in [-0.3, -0.25) is 4.79 Å². The van der Waals surface area contributed by atoms with E-state index in [0.717, 1.165) is 9.99 Å². The predicted molar refractivity (Wildman–Crippen MR) is 67.6 cm³/mol. The average Bonchev–Trinajstić information content (AvgIpc) is 2.68. The second-order valence-corrected chi connectivity index (χ2v) is 4.27. The van der Waals surface area contributed by atoms with Crippen LogP contribution in [0.3, 0.4) is 0 Å². The molecule has 1 amide bonds. The number of hydrogen-bond acceptors (Lipinski definition) is 2. The van der Waals surface area contributed by atoms with Gasteiger partial charge in [0.25, 0.3) is 0 Å². The number of carbonyl (C=O) groups excluding carboxylic acids is 1. The fourth-order valence-corrected chi connectivity index (χ4v) is 1.80. The van der Waals surface area contributed by atoms with Crippen LogP contribution in [0.4, 0.5) is 5.69 Å². The van der Waals surface area contributed by atoms with Crippen LogP contribution in [-0.2, 0) is 4.79 Å². The summed E-state index contributed by atoms with van der Waals surface area (Å²) in [6.45, 7) is 6.83. The van der Waals surface area contributed by atoms with Gasteiger partial charge in [-0.1, -0.05) is 0 Å². The highest BCUT2D eigenvalue weighted by Crippen LogP contribution is 2.20. The van der Waals surface area contributed by atoms with Crippen LogP contribution < -0.4 is 5.32 Å². The van der Waals surface area contributed by atoms with Gasteiger partial charge in [0.15, 0.2) is 0 Å². The summed E-state index contributed by atoms with van der Waals surface area (Å²) in [6.07, 6.45) is 3.68. The standard InChI is InChI=1S/C11H9BrN4O/c1-13-4-2-11(17)15-8-3-5-16-10(6-8)9(12)7-14-16/h3,5-7H,2,4H2,(H,15,17). The van der Waals surface area contributed by atoms with Crippen molar-refractivity contribution >= 4 is 33.0 Å². The Labute approximate surface area is 106 Å². The fraction of sp³-hybridized carbons (Fsp3) is 0.182. The third-order valence-electron chi connectivity index (χ3n) is 2.21. The molecule has 2 aromatic rings. The highest BCUT2D eigenvalue weighted by molar-refractivity contribution is 9.10. The van der Waals surface area contributed by atoms with Gasteiger partial charge in [0.1, 0.15) is 0 Å². The minimum atomic E-state index is -0.152. The van der Waals surface area contributed by atoms with E-state index in [0.29, 0.717) is 5.69 Å². The first-order chi connectivity index (χ1) is 8.20. The van der Waals surface area contributed by atoms with Gasteiger partial charge in [0.05, 0.1) is 22.6 Å².